The number of thioether (sulfide) groups is 1. The van der Waals surface area contributed by atoms with Gasteiger partial charge in [-0.05, 0) is 12.3 Å². The Labute approximate surface area is 145 Å². The van der Waals surface area contributed by atoms with Crippen LogP contribution in [-0.4, -0.2) is 31.5 Å². The van der Waals surface area contributed by atoms with E-state index in [0.29, 0.717) is 16.8 Å². The molecule has 3 nitrogen and oxygen atoms in total. The minimum absolute atomic E-state index is 0.0629. The minimum atomic E-state index is -4.52. The standard InChI is InChI=1S/C16H22F3NO2SSi/c1-11(21)22-9-13-7-6-12(8-14(13)16(17,18)19)15(23-2)20-10-24(3,4)5/h6-8H,9-10H2,1-5H3/b20-15-. The summed E-state index contributed by atoms with van der Waals surface area (Å²) in [5, 5.41) is 0.585. The first-order valence-electron chi connectivity index (χ1n) is 7.36. The summed E-state index contributed by atoms with van der Waals surface area (Å²) < 4.78 is 44.7. The highest BCUT2D eigenvalue weighted by Crippen LogP contribution is 2.34. The summed E-state index contributed by atoms with van der Waals surface area (Å²) in [6.07, 6.45) is -2.07. The van der Waals surface area contributed by atoms with Crippen LogP contribution in [0.4, 0.5) is 13.2 Å². The highest BCUT2D eigenvalue weighted by Gasteiger charge is 2.34. The van der Waals surface area contributed by atoms with Crippen molar-refractivity contribution in [3.05, 3.63) is 34.9 Å². The summed E-state index contributed by atoms with van der Waals surface area (Å²) in [5.41, 5.74) is -0.428. The van der Waals surface area contributed by atoms with Gasteiger partial charge in [0.05, 0.1) is 18.7 Å². The summed E-state index contributed by atoms with van der Waals surface area (Å²) in [6.45, 7) is 7.22. The Kier molecular flexibility index (Phi) is 7.09. The Hall–Kier alpha value is -1.28. The van der Waals surface area contributed by atoms with Crippen LogP contribution in [0.3, 0.4) is 0 Å². The van der Waals surface area contributed by atoms with Gasteiger partial charge in [-0.2, -0.15) is 13.2 Å². The van der Waals surface area contributed by atoms with Crippen molar-refractivity contribution in [1.82, 2.24) is 0 Å². The molecule has 0 saturated carbocycles. The van der Waals surface area contributed by atoms with Crippen LogP contribution in [0.25, 0.3) is 0 Å². The number of halogens is 3. The molecule has 1 aromatic rings. The summed E-state index contributed by atoms with van der Waals surface area (Å²) in [7, 11) is -1.44. The van der Waals surface area contributed by atoms with E-state index >= 15 is 0 Å². The van der Waals surface area contributed by atoms with E-state index in [1.165, 1.54) is 17.8 Å². The molecule has 0 atom stereocenters. The number of alkyl halides is 3. The van der Waals surface area contributed by atoms with Crippen LogP contribution in [0, 0.1) is 0 Å². The number of benzene rings is 1. The Morgan fingerprint density at radius 2 is 1.92 bits per heavy atom. The largest absolute Gasteiger partial charge is 0.461 e. The number of esters is 1. The summed E-state index contributed by atoms with van der Waals surface area (Å²) in [4.78, 5) is 15.4. The quantitative estimate of drug-likeness (QED) is 0.321. The van der Waals surface area contributed by atoms with Crippen LogP contribution in [0.1, 0.15) is 23.6 Å². The van der Waals surface area contributed by atoms with Crippen LogP contribution < -0.4 is 0 Å². The number of carbonyl (C=O) groups excluding carboxylic acids is 1. The number of carbonyl (C=O) groups is 1. The van der Waals surface area contributed by atoms with Gasteiger partial charge in [0.2, 0.25) is 0 Å². The molecule has 1 rings (SSSR count). The number of nitrogens with zero attached hydrogens (tertiary/aromatic N) is 1. The second-order valence-corrected chi connectivity index (χ2v) is 12.8. The molecule has 0 radical (unpaired) electrons. The van der Waals surface area contributed by atoms with Crippen LogP contribution in [0.5, 0.6) is 0 Å². The zero-order valence-corrected chi connectivity index (χ0v) is 16.3. The average molecular weight is 378 g/mol. The maximum atomic E-state index is 13.3. The van der Waals surface area contributed by atoms with Crippen molar-refractivity contribution in [2.45, 2.75) is 39.3 Å². The molecule has 0 aromatic heterocycles. The van der Waals surface area contributed by atoms with Crippen molar-refractivity contribution in [1.29, 1.82) is 0 Å². The van der Waals surface area contributed by atoms with Gasteiger partial charge in [-0.3, -0.25) is 9.79 Å². The second kappa shape index (κ2) is 8.20. The first-order chi connectivity index (χ1) is 10.9. The Morgan fingerprint density at radius 3 is 2.38 bits per heavy atom. The zero-order chi connectivity index (χ0) is 18.5. The second-order valence-electron chi connectivity index (χ2n) is 6.54. The lowest BCUT2D eigenvalue weighted by Gasteiger charge is -2.16. The van der Waals surface area contributed by atoms with Gasteiger partial charge in [-0.1, -0.05) is 31.8 Å². The number of rotatable bonds is 5. The maximum Gasteiger partial charge on any atom is 0.416 e. The van der Waals surface area contributed by atoms with E-state index in [0.717, 1.165) is 13.0 Å². The average Bonchev–Trinajstić information content (AvgIpc) is 2.44. The van der Waals surface area contributed by atoms with E-state index in [1.54, 1.807) is 12.3 Å². The molecule has 0 heterocycles. The van der Waals surface area contributed by atoms with Crippen molar-refractivity contribution in [3.8, 4) is 0 Å². The molecular formula is C16H22F3NO2SSi. The summed E-state index contributed by atoms with van der Waals surface area (Å²) in [5.74, 6) is -0.617. The van der Waals surface area contributed by atoms with E-state index in [4.69, 9.17) is 4.74 Å². The van der Waals surface area contributed by atoms with Crippen LogP contribution >= 0.6 is 11.8 Å². The molecule has 1 aromatic carbocycles. The molecular weight excluding hydrogens is 355 g/mol. The minimum Gasteiger partial charge on any atom is -0.461 e. The predicted molar refractivity (Wildman–Crippen MR) is 95.2 cm³/mol. The first-order valence-corrected chi connectivity index (χ1v) is 12.3. The SMILES string of the molecule is CS/C(=N\C[Si](C)(C)C)c1ccc(COC(C)=O)c(C(F)(F)F)c1. The van der Waals surface area contributed by atoms with Gasteiger partial charge < -0.3 is 4.74 Å². The third kappa shape index (κ3) is 6.68. The molecule has 0 aliphatic carbocycles. The zero-order valence-electron chi connectivity index (χ0n) is 14.5. The lowest BCUT2D eigenvalue weighted by Crippen LogP contribution is -2.25. The Bertz CT molecular complexity index is 625. The molecule has 24 heavy (non-hydrogen) atoms. The molecule has 0 bridgehead atoms. The van der Waals surface area contributed by atoms with E-state index in [2.05, 4.69) is 24.6 Å². The molecule has 134 valence electrons. The lowest BCUT2D eigenvalue weighted by molar-refractivity contribution is -0.145. The van der Waals surface area contributed by atoms with Gasteiger partial charge in [0.25, 0.3) is 0 Å². The fraction of sp³-hybridized carbons (Fsp3) is 0.500. The van der Waals surface area contributed by atoms with Crippen molar-refractivity contribution in [2.75, 3.05) is 12.4 Å². The van der Waals surface area contributed by atoms with E-state index in [1.807, 2.05) is 0 Å². The fourth-order valence-electron chi connectivity index (χ4n) is 1.86. The van der Waals surface area contributed by atoms with Gasteiger partial charge >= 0.3 is 12.1 Å². The highest BCUT2D eigenvalue weighted by molar-refractivity contribution is 8.13. The molecule has 0 aliphatic rings. The van der Waals surface area contributed by atoms with Gasteiger partial charge in [-0.25, -0.2) is 0 Å². The molecule has 0 spiro atoms. The third-order valence-electron chi connectivity index (χ3n) is 2.98. The summed E-state index contributed by atoms with van der Waals surface area (Å²) >= 11 is 1.33. The molecule has 0 aliphatic heterocycles. The van der Waals surface area contributed by atoms with Gasteiger partial charge in [0, 0.05) is 24.2 Å². The van der Waals surface area contributed by atoms with Gasteiger partial charge in [0.15, 0.2) is 0 Å². The first kappa shape index (κ1) is 20.8. The van der Waals surface area contributed by atoms with E-state index in [-0.39, 0.29) is 5.56 Å². The van der Waals surface area contributed by atoms with E-state index < -0.39 is 32.4 Å². The van der Waals surface area contributed by atoms with Gasteiger partial charge in [-0.15, -0.1) is 11.8 Å². The Morgan fingerprint density at radius 1 is 1.29 bits per heavy atom. The van der Waals surface area contributed by atoms with Crippen molar-refractivity contribution < 1.29 is 22.7 Å². The normalized spacial score (nSPS) is 13.1. The number of ether oxygens (including phenoxy) is 1. The molecule has 0 unspecified atom stereocenters. The monoisotopic (exact) mass is 377 g/mol. The Balaban J connectivity index is 3.24. The number of hydrogen-bond donors (Lipinski definition) is 0. The van der Waals surface area contributed by atoms with Crippen LogP contribution in [0.2, 0.25) is 19.6 Å². The highest BCUT2D eigenvalue weighted by atomic mass is 32.2. The van der Waals surface area contributed by atoms with Crippen LogP contribution in [-0.2, 0) is 22.3 Å². The molecule has 0 saturated heterocycles. The van der Waals surface area contributed by atoms with Crippen molar-refractivity contribution in [3.63, 3.8) is 0 Å². The third-order valence-corrected chi connectivity index (χ3v) is 4.84. The summed E-state index contributed by atoms with van der Waals surface area (Å²) in [6, 6.07) is 4.02. The predicted octanol–water partition coefficient (Wildman–Crippen LogP) is 4.76. The van der Waals surface area contributed by atoms with Crippen LogP contribution in [0.15, 0.2) is 23.2 Å². The maximum absolute atomic E-state index is 13.3. The smallest absolute Gasteiger partial charge is 0.416 e. The van der Waals surface area contributed by atoms with Crippen molar-refractivity contribution in [2.24, 2.45) is 4.99 Å². The van der Waals surface area contributed by atoms with E-state index in [9.17, 15) is 18.0 Å². The number of hydrogen-bond acceptors (Lipinski definition) is 4. The fourth-order valence-corrected chi connectivity index (χ4v) is 3.16. The molecule has 8 heteroatoms. The lowest BCUT2D eigenvalue weighted by atomic mass is 10.0. The molecule has 0 amide bonds. The molecule has 0 fully saturated rings. The molecule has 0 N–H and O–H groups in total. The van der Waals surface area contributed by atoms with Gasteiger partial charge in [0.1, 0.15) is 6.61 Å². The van der Waals surface area contributed by atoms with Crippen molar-refractivity contribution >= 4 is 30.8 Å². The topological polar surface area (TPSA) is 38.7 Å². The number of aliphatic imine (C=N–C) groups is 1.